The molecular weight excluding hydrogens is 150 g/mol. The first-order valence-corrected chi connectivity index (χ1v) is 4.60. The van der Waals surface area contributed by atoms with Crippen LogP contribution in [0.2, 0.25) is 0 Å². The van der Waals surface area contributed by atoms with Crippen LogP contribution in [0, 0.1) is 0 Å². The lowest BCUT2D eigenvalue weighted by atomic mass is 10.1. The lowest BCUT2D eigenvalue weighted by Gasteiger charge is -2.32. The summed E-state index contributed by atoms with van der Waals surface area (Å²) in [6.07, 6.45) is 0. The summed E-state index contributed by atoms with van der Waals surface area (Å²) < 4.78 is 0. The van der Waals surface area contributed by atoms with E-state index in [2.05, 4.69) is 18.7 Å². The Morgan fingerprint density at radius 2 is 1.83 bits per heavy atom. The van der Waals surface area contributed by atoms with Crippen molar-refractivity contribution >= 4 is 0 Å². The molecule has 0 aliphatic carbocycles. The maximum atomic E-state index is 5.92. The molecule has 0 aliphatic heterocycles. The van der Waals surface area contributed by atoms with Crippen molar-refractivity contribution in [3.05, 3.63) is 0 Å². The largest absolute Gasteiger partial charge is 0.329 e. The van der Waals surface area contributed by atoms with Gasteiger partial charge in [0.1, 0.15) is 0 Å². The molecular formula is C9H23N3. The minimum atomic E-state index is -0.126. The summed E-state index contributed by atoms with van der Waals surface area (Å²) in [5.41, 5.74) is 11.3. The zero-order valence-electron chi connectivity index (χ0n) is 8.80. The standard InChI is InChI=1S/C9H23N3/c1-8(2)12(6-5-10)7-9(3,4)11/h8H,5-7,10-11H2,1-4H3. The predicted octanol–water partition coefficient (Wildman–Crippen LogP) is 0.393. The maximum Gasteiger partial charge on any atom is 0.0226 e. The Hall–Kier alpha value is -0.120. The van der Waals surface area contributed by atoms with Crippen LogP contribution in [0.5, 0.6) is 0 Å². The fourth-order valence-electron chi connectivity index (χ4n) is 1.21. The van der Waals surface area contributed by atoms with E-state index in [4.69, 9.17) is 11.5 Å². The van der Waals surface area contributed by atoms with Gasteiger partial charge in [-0.05, 0) is 27.7 Å². The number of hydrogen-bond donors (Lipinski definition) is 2. The molecule has 0 aromatic rings. The molecule has 4 N–H and O–H groups in total. The van der Waals surface area contributed by atoms with Crippen molar-refractivity contribution in [1.29, 1.82) is 0 Å². The second kappa shape index (κ2) is 4.80. The van der Waals surface area contributed by atoms with Gasteiger partial charge in [-0.15, -0.1) is 0 Å². The Bertz CT molecular complexity index is 115. The van der Waals surface area contributed by atoms with Crippen molar-refractivity contribution < 1.29 is 0 Å². The van der Waals surface area contributed by atoms with E-state index in [0.717, 1.165) is 13.1 Å². The summed E-state index contributed by atoms with van der Waals surface area (Å²) in [5.74, 6) is 0. The number of hydrogen-bond acceptors (Lipinski definition) is 3. The van der Waals surface area contributed by atoms with Gasteiger partial charge in [0.05, 0.1) is 0 Å². The molecule has 74 valence electrons. The van der Waals surface area contributed by atoms with Gasteiger partial charge in [-0.25, -0.2) is 0 Å². The predicted molar refractivity (Wildman–Crippen MR) is 54.0 cm³/mol. The van der Waals surface area contributed by atoms with Crippen molar-refractivity contribution in [1.82, 2.24) is 4.90 Å². The lowest BCUT2D eigenvalue weighted by Crippen LogP contribution is -2.49. The summed E-state index contributed by atoms with van der Waals surface area (Å²) in [6.45, 7) is 11.0. The molecule has 0 bridgehead atoms. The molecule has 3 nitrogen and oxygen atoms in total. The number of nitrogens with two attached hydrogens (primary N) is 2. The molecule has 0 saturated heterocycles. The molecule has 0 saturated carbocycles. The number of rotatable bonds is 5. The van der Waals surface area contributed by atoms with E-state index in [1.165, 1.54) is 0 Å². The Morgan fingerprint density at radius 3 is 2.08 bits per heavy atom. The first-order valence-electron chi connectivity index (χ1n) is 4.60. The zero-order valence-corrected chi connectivity index (χ0v) is 8.80. The van der Waals surface area contributed by atoms with Gasteiger partial charge in [-0.2, -0.15) is 0 Å². The SMILES string of the molecule is CC(C)N(CCN)CC(C)(C)N. The van der Waals surface area contributed by atoms with Crippen LogP contribution in [0.25, 0.3) is 0 Å². The van der Waals surface area contributed by atoms with Gasteiger partial charge < -0.3 is 11.5 Å². The summed E-state index contributed by atoms with van der Waals surface area (Å²) >= 11 is 0. The van der Waals surface area contributed by atoms with Crippen molar-refractivity contribution in [2.45, 2.75) is 39.3 Å². The normalized spacial score (nSPS) is 13.0. The summed E-state index contributed by atoms with van der Waals surface area (Å²) in [5, 5.41) is 0. The van der Waals surface area contributed by atoms with Gasteiger partial charge in [0.25, 0.3) is 0 Å². The topological polar surface area (TPSA) is 55.3 Å². The molecule has 0 amide bonds. The van der Waals surface area contributed by atoms with Crippen molar-refractivity contribution in [2.24, 2.45) is 11.5 Å². The molecule has 0 spiro atoms. The highest BCUT2D eigenvalue weighted by atomic mass is 15.2. The van der Waals surface area contributed by atoms with Crippen LogP contribution in [-0.2, 0) is 0 Å². The molecule has 12 heavy (non-hydrogen) atoms. The molecule has 3 heteroatoms. The molecule has 0 aliphatic rings. The smallest absolute Gasteiger partial charge is 0.0226 e. The minimum absolute atomic E-state index is 0.126. The van der Waals surface area contributed by atoms with E-state index < -0.39 is 0 Å². The highest BCUT2D eigenvalue weighted by molar-refractivity contribution is 4.78. The number of nitrogens with zero attached hydrogens (tertiary/aromatic N) is 1. The third-order valence-corrected chi connectivity index (χ3v) is 1.76. The molecule has 0 atom stereocenters. The van der Waals surface area contributed by atoms with Crippen LogP contribution in [0.3, 0.4) is 0 Å². The van der Waals surface area contributed by atoms with Gasteiger partial charge in [0.15, 0.2) is 0 Å². The Labute approximate surface area is 76.1 Å². The highest BCUT2D eigenvalue weighted by Crippen LogP contribution is 2.04. The van der Waals surface area contributed by atoms with E-state index in [9.17, 15) is 0 Å². The van der Waals surface area contributed by atoms with Crippen LogP contribution in [0.1, 0.15) is 27.7 Å². The second-order valence-electron chi connectivity index (χ2n) is 4.34. The van der Waals surface area contributed by atoms with E-state index in [-0.39, 0.29) is 5.54 Å². The molecule has 0 rings (SSSR count). The van der Waals surface area contributed by atoms with E-state index in [1.807, 2.05) is 13.8 Å². The van der Waals surface area contributed by atoms with Gasteiger partial charge in [-0.3, -0.25) is 4.90 Å². The third kappa shape index (κ3) is 5.52. The summed E-state index contributed by atoms with van der Waals surface area (Å²) in [6, 6.07) is 0.524. The van der Waals surface area contributed by atoms with Crippen LogP contribution in [0.15, 0.2) is 0 Å². The van der Waals surface area contributed by atoms with E-state index in [1.54, 1.807) is 0 Å². The molecule has 0 heterocycles. The minimum Gasteiger partial charge on any atom is -0.329 e. The maximum absolute atomic E-state index is 5.92. The van der Waals surface area contributed by atoms with Gasteiger partial charge in [0.2, 0.25) is 0 Å². The molecule has 0 aromatic carbocycles. The average molecular weight is 173 g/mol. The van der Waals surface area contributed by atoms with E-state index in [0.29, 0.717) is 12.6 Å². The quantitative estimate of drug-likeness (QED) is 0.632. The highest BCUT2D eigenvalue weighted by Gasteiger charge is 2.17. The monoisotopic (exact) mass is 173 g/mol. The Morgan fingerprint density at radius 1 is 1.33 bits per heavy atom. The fourth-order valence-corrected chi connectivity index (χ4v) is 1.21. The van der Waals surface area contributed by atoms with Crippen molar-refractivity contribution in [2.75, 3.05) is 19.6 Å². The molecule has 0 unspecified atom stereocenters. The first-order chi connectivity index (χ1) is 5.37. The van der Waals surface area contributed by atoms with Crippen LogP contribution in [-0.4, -0.2) is 36.1 Å². The van der Waals surface area contributed by atoms with Gasteiger partial charge >= 0.3 is 0 Å². The first kappa shape index (κ1) is 11.9. The molecule has 0 fully saturated rings. The van der Waals surface area contributed by atoms with Gasteiger partial charge in [0, 0.05) is 31.2 Å². The third-order valence-electron chi connectivity index (χ3n) is 1.76. The van der Waals surface area contributed by atoms with Crippen LogP contribution >= 0.6 is 0 Å². The van der Waals surface area contributed by atoms with Crippen LogP contribution < -0.4 is 11.5 Å². The summed E-state index contributed by atoms with van der Waals surface area (Å²) in [7, 11) is 0. The van der Waals surface area contributed by atoms with Gasteiger partial charge in [-0.1, -0.05) is 0 Å². The fraction of sp³-hybridized carbons (Fsp3) is 1.00. The summed E-state index contributed by atoms with van der Waals surface area (Å²) in [4.78, 5) is 2.31. The van der Waals surface area contributed by atoms with Crippen molar-refractivity contribution in [3.63, 3.8) is 0 Å². The molecule has 0 radical (unpaired) electrons. The lowest BCUT2D eigenvalue weighted by molar-refractivity contribution is 0.188. The molecule has 0 aromatic heterocycles. The average Bonchev–Trinajstić information content (AvgIpc) is 1.83. The van der Waals surface area contributed by atoms with Crippen LogP contribution in [0.4, 0.5) is 0 Å². The van der Waals surface area contributed by atoms with Crippen molar-refractivity contribution in [3.8, 4) is 0 Å². The Balaban J connectivity index is 3.95. The van der Waals surface area contributed by atoms with E-state index >= 15 is 0 Å². The second-order valence-corrected chi connectivity index (χ2v) is 4.34. The zero-order chi connectivity index (χ0) is 9.78. The Kier molecular flexibility index (Phi) is 4.75.